The second-order valence-corrected chi connectivity index (χ2v) is 7.79. The lowest BCUT2D eigenvalue weighted by atomic mass is 10.1. The molecule has 3 rings (SSSR count). The van der Waals surface area contributed by atoms with Crippen molar-refractivity contribution in [1.82, 2.24) is 10.2 Å². The lowest BCUT2D eigenvalue weighted by molar-refractivity contribution is 0.0725. The zero-order valence-electron chi connectivity index (χ0n) is 18.3. The van der Waals surface area contributed by atoms with Crippen molar-refractivity contribution < 1.29 is 19.1 Å². The Bertz CT molecular complexity index is 944. The fourth-order valence-electron chi connectivity index (χ4n) is 3.46. The minimum absolute atomic E-state index is 0.0289. The maximum absolute atomic E-state index is 12.9. The quantitative estimate of drug-likeness (QED) is 0.465. The number of anilines is 1. The minimum atomic E-state index is -0.363. The molecule has 32 heavy (non-hydrogen) atoms. The predicted octanol–water partition coefficient (Wildman–Crippen LogP) is 3.85. The van der Waals surface area contributed by atoms with Crippen molar-refractivity contribution in [2.24, 2.45) is 0 Å². The van der Waals surface area contributed by atoms with E-state index in [2.05, 4.69) is 10.6 Å². The van der Waals surface area contributed by atoms with E-state index in [4.69, 9.17) is 21.7 Å². The summed E-state index contributed by atoms with van der Waals surface area (Å²) in [5.74, 6) is 0.185. The Balaban J connectivity index is 1.60. The van der Waals surface area contributed by atoms with Crippen LogP contribution in [-0.4, -0.2) is 54.7 Å². The second kappa shape index (κ2) is 12.2. The zero-order chi connectivity index (χ0) is 22.8. The van der Waals surface area contributed by atoms with Crippen LogP contribution in [0.3, 0.4) is 0 Å². The van der Waals surface area contributed by atoms with E-state index in [1.807, 2.05) is 24.0 Å². The highest BCUT2D eigenvalue weighted by molar-refractivity contribution is 7.80. The van der Waals surface area contributed by atoms with E-state index >= 15 is 0 Å². The molecule has 8 heteroatoms. The molecule has 0 bridgehead atoms. The third kappa shape index (κ3) is 6.77. The molecule has 0 aliphatic carbocycles. The van der Waals surface area contributed by atoms with Gasteiger partial charge in [-0.05, 0) is 68.7 Å². The number of piperidine rings is 1. The number of hydrogen-bond donors (Lipinski definition) is 2. The molecule has 0 unspecified atom stereocenters. The SMILES string of the molecule is CCOCCOc1cccc(C(=O)NC(=S)Nc2ccccc2C(=O)N2CCCCC2)c1. The molecule has 7 nitrogen and oxygen atoms in total. The molecular weight excluding hydrogens is 426 g/mol. The summed E-state index contributed by atoms with van der Waals surface area (Å²) in [5, 5.41) is 5.79. The number of nitrogens with one attached hydrogen (secondary N) is 2. The number of para-hydroxylation sites is 1. The second-order valence-electron chi connectivity index (χ2n) is 7.38. The van der Waals surface area contributed by atoms with Gasteiger partial charge in [0, 0.05) is 25.3 Å². The Hall–Kier alpha value is -2.97. The van der Waals surface area contributed by atoms with Gasteiger partial charge in [-0.2, -0.15) is 0 Å². The van der Waals surface area contributed by atoms with E-state index in [1.165, 1.54) is 0 Å². The fraction of sp³-hybridized carbons (Fsp3) is 0.375. The Labute approximate surface area is 194 Å². The summed E-state index contributed by atoms with van der Waals surface area (Å²) in [4.78, 5) is 27.5. The molecule has 1 aliphatic rings. The van der Waals surface area contributed by atoms with Crippen LogP contribution < -0.4 is 15.4 Å². The normalized spacial score (nSPS) is 13.3. The Morgan fingerprint density at radius 2 is 1.81 bits per heavy atom. The van der Waals surface area contributed by atoms with Crippen LogP contribution in [0.1, 0.15) is 46.9 Å². The van der Waals surface area contributed by atoms with Crippen molar-refractivity contribution in [2.75, 3.05) is 38.2 Å². The minimum Gasteiger partial charge on any atom is -0.491 e. The monoisotopic (exact) mass is 455 g/mol. The molecule has 2 amide bonds. The molecule has 2 aromatic rings. The molecule has 0 radical (unpaired) electrons. The summed E-state index contributed by atoms with van der Waals surface area (Å²) < 4.78 is 10.9. The zero-order valence-corrected chi connectivity index (χ0v) is 19.1. The number of hydrogen-bond acceptors (Lipinski definition) is 5. The van der Waals surface area contributed by atoms with Gasteiger partial charge in [0.15, 0.2) is 5.11 Å². The first-order valence-electron chi connectivity index (χ1n) is 10.9. The van der Waals surface area contributed by atoms with Gasteiger partial charge in [0.2, 0.25) is 0 Å². The van der Waals surface area contributed by atoms with Gasteiger partial charge in [-0.15, -0.1) is 0 Å². The summed E-state index contributed by atoms with van der Waals surface area (Å²) in [7, 11) is 0. The van der Waals surface area contributed by atoms with Crippen LogP contribution in [0, 0.1) is 0 Å². The predicted molar refractivity (Wildman–Crippen MR) is 128 cm³/mol. The molecule has 1 fully saturated rings. The number of carbonyl (C=O) groups excluding carboxylic acids is 2. The molecule has 1 aliphatic heterocycles. The molecule has 1 saturated heterocycles. The average molecular weight is 456 g/mol. The topological polar surface area (TPSA) is 79.9 Å². The molecule has 0 aromatic heterocycles. The van der Waals surface area contributed by atoms with Gasteiger partial charge in [-0.3, -0.25) is 14.9 Å². The van der Waals surface area contributed by atoms with Gasteiger partial charge in [0.1, 0.15) is 12.4 Å². The van der Waals surface area contributed by atoms with Crippen LogP contribution >= 0.6 is 12.2 Å². The number of rotatable bonds is 8. The van der Waals surface area contributed by atoms with Gasteiger partial charge in [0.25, 0.3) is 11.8 Å². The molecular formula is C24H29N3O4S. The lowest BCUT2D eigenvalue weighted by Gasteiger charge is -2.27. The van der Waals surface area contributed by atoms with Crippen LogP contribution in [0.25, 0.3) is 0 Å². The van der Waals surface area contributed by atoms with Crippen molar-refractivity contribution in [3.8, 4) is 5.75 Å². The summed E-state index contributed by atoms with van der Waals surface area (Å²) in [6.07, 6.45) is 3.19. The first-order valence-corrected chi connectivity index (χ1v) is 11.3. The van der Waals surface area contributed by atoms with Crippen LogP contribution in [-0.2, 0) is 4.74 Å². The number of benzene rings is 2. The van der Waals surface area contributed by atoms with Crippen LogP contribution in [0.5, 0.6) is 5.75 Å². The van der Waals surface area contributed by atoms with Crippen LogP contribution in [0.15, 0.2) is 48.5 Å². The third-order valence-corrected chi connectivity index (χ3v) is 5.28. The molecule has 0 saturated carbocycles. The summed E-state index contributed by atoms with van der Waals surface area (Å²) >= 11 is 5.33. The largest absolute Gasteiger partial charge is 0.491 e. The van der Waals surface area contributed by atoms with Gasteiger partial charge >= 0.3 is 0 Å². The van der Waals surface area contributed by atoms with Crippen molar-refractivity contribution >= 4 is 34.8 Å². The van der Waals surface area contributed by atoms with E-state index < -0.39 is 0 Å². The number of ether oxygens (including phenoxy) is 2. The smallest absolute Gasteiger partial charge is 0.257 e. The molecule has 2 aromatic carbocycles. The van der Waals surface area contributed by atoms with Gasteiger partial charge in [-0.1, -0.05) is 18.2 Å². The van der Waals surface area contributed by atoms with E-state index in [0.717, 1.165) is 32.4 Å². The summed E-state index contributed by atoms with van der Waals surface area (Å²) in [6, 6.07) is 14.0. The Morgan fingerprint density at radius 3 is 2.59 bits per heavy atom. The fourth-order valence-corrected chi connectivity index (χ4v) is 3.67. The van der Waals surface area contributed by atoms with Crippen molar-refractivity contribution in [3.05, 3.63) is 59.7 Å². The van der Waals surface area contributed by atoms with Crippen molar-refractivity contribution in [1.29, 1.82) is 0 Å². The highest BCUT2D eigenvalue weighted by Crippen LogP contribution is 2.20. The Morgan fingerprint density at radius 1 is 1.03 bits per heavy atom. The van der Waals surface area contributed by atoms with Gasteiger partial charge < -0.3 is 19.7 Å². The van der Waals surface area contributed by atoms with E-state index in [0.29, 0.717) is 42.4 Å². The lowest BCUT2D eigenvalue weighted by Crippen LogP contribution is -2.37. The van der Waals surface area contributed by atoms with Crippen molar-refractivity contribution in [2.45, 2.75) is 26.2 Å². The van der Waals surface area contributed by atoms with Crippen LogP contribution in [0.2, 0.25) is 0 Å². The maximum Gasteiger partial charge on any atom is 0.257 e. The van der Waals surface area contributed by atoms with Crippen LogP contribution in [0.4, 0.5) is 5.69 Å². The molecule has 0 spiro atoms. The Kier molecular flexibility index (Phi) is 9.01. The van der Waals surface area contributed by atoms with Gasteiger partial charge in [-0.25, -0.2) is 0 Å². The molecule has 0 atom stereocenters. The number of likely N-dealkylation sites (tertiary alicyclic amines) is 1. The van der Waals surface area contributed by atoms with E-state index in [9.17, 15) is 9.59 Å². The number of amides is 2. The molecule has 2 N–H and O–H groups in total. The van der Waals surface area contributed by atoms with E-state index in [1.54, 1.807) is 36.4 Å². The van der Waals surface area contributed by atoms with Gasteiger partial charge in [0.05, 0.1) is 17.9 Å². The number of carbonyl (C=O) groups is 2. The summed E-state index contributed by atoms with van der Waals surface area (Å²) in [5.41, 5.74) is 1.53. The first kappa shape index (κ1) is 23.7. The third-order valence-electron chi connectivity index (χ3n) is 5.07. The maximum atomic E-state index is 12.9. The molecule has 170 valence electrons. The first-order chi connectivity index (χ1) is 15.6. The highest BCUT2D eigenvalue weighted by atomic mass is 32.1. The van der Waals surface area contributed by atoms with E-state index in [-0.39, 0.29) is 16.9 Å². The standard InChI is InChI=1S/C24H29N3O4S/c1-2-30-15-16-31-19-10-8-9-18(17-19)22(28)26-24(32)25-21-12-5-4-11-20(21)23(29)27-13-6-3-7-14-27/h4-5,8-12,17H,2-3,6-7,13-16H2,1H3,(H2,25,26,28,32). The number of thiocarbonyl (C=S) groups is 1. The molecule has 1 heterocycles. The average Bonchev–Trinajstić information content (AvgIpc) is 2.82. The number of nitrogens with zero attached hydrogens (tertiary/aromatic N) is 1. The highest BCUT2D eigenvalue weighted by Gasteiger charge is 2.21. The van der Waals surface area contributed by atoms with Crippen molar-refractivity contribution in [3.63, 3.8) is 0 Å². The summed E-state index contributed by atoms with van der Waals surface area (Å²) in [6.45, 7) is 4.96.